The standard InChI is InChI=1S/C25H40O3/c1-3-5-6-7-8-9-10-11-12-13-14-15-16-19-22-27-23-20-17-18-21-24(23)28-25(26)4-2/h4,17-18,20-21H,2-3,5-16,19,22H2,1H3. The van der Waals surface area contributed by atoms with Crippen molar-refractivity contribution in [2.75, 3.05) is 6.61 Å². The van der Waals surface area contributed by atoms with Crippen molar-refractivity contribution in [2.45, 2.75) is 96.8 Å². The molecular formula is C25H40O3. The first kappa shape index (κ1) is 24.3. The number of esters is 1. The second-order valence-electron chi connectivity index (χ2n) is 7.52. The van der Waals surface area contributed by atoms with Gasteiger partial charge in [-0.1, -0.05) is 109 Å². The smallest absolute Gasteiger partial charge is 0.335 e. The maximum absolute atomic E-state index is 11.4. The molecule has 0 amide bonds. The Morgan fingerprint density at radius 2 is 1.25 bits per heavy atom. The van der Waals surface area contributed by atoms with Gasteiger partial charge in [0, 0.05) is 6.08 Å². The molecule has 0 fully saturated rings. The lowest BCUT2D eigenvalue weighted by atomic mass is 10.0. The summed E-state index contributed by atoms with van der Waals surface area (Å²) < 4.78 is 11.0. The average Bonchev–Trinajstić information content (AvgIpc) is 2.72. The van der Waals surface area contributed by atoms with Gasteiger partial charge < -0.3 is 9.47 Å². The molecule has 1 aromatic carbocycles. The molecule has 3 nitrogen and oxygen atoms in total. The van der Waals surface area contributed by atoms with Crippen molar-refractivity contribution in [1.82, 2.24) is 0 Å². The summed E-state index contributed by atoms with van der Waals surface area (Å²) in [6, 6.07) is 7.27. The predicted molar refractivity (Wildman–Crippen MR) is 118 cm³/mol. The highest BCUT2D eigenvalue weighted by Gasteiger charge is 2.07. The minimum Gasteiger partial charge on any atom is -0.490 e. The highest BCUT2D eigenvalue weighted by atomic mass is 16.6. The van der Waals surface area contributed by atoms with E-state index in [4.69, 9.17) is 9.47 Å². The Bertz CT molecular complexity index is 524. The molecule has 0 aromatic heterocycles. The van der Waals surface area contributed by atoms with Crippen LogP contribution in [0.2, 0.25) is 0 Å². The van der Waals surface area contributed by atoms with E-state index in [1.165, 1.54) is 83.5 Å². The van der Waals surface area contributed by atoms with Gasteiger partial charge >= 0.3 is 5.97 Å². The van der Waals surface area contributed by atoms with Crippen molar-refractivity contribution < 1.29 is 14.3 Å². The van der Waals surface area contributed by atoms with Gasteiger partial charge in [0.15, 0.2) is 11.5 Å². The Kier molecular flexibility index (Phi) is 15.0. The monoisotopic (exact) mass is 388 g/mol. The van der Waals surface area contributed by atoms with Crippen LogP contribution in [0.15, 0.2) is 36.9 Å². The number of hydrogen-bond acceptors (Lipinski definition) is 3. The molecule has 28 heavy (non-hydrogen) atoms. The van der Waals surface area contributed by atoms with Crippen LogP contribution in [0.5, 0.6) is 11.5 Å². The van der Waals surface area contributed by atoms with E-state index >= 15 is 0 Å². The molecule has 0 N–H and O–H groups in total. The first-order valence-electron chi connectivity index (χ1n) is 11.3. The van der Waals surface area contributed by atoms with Crippen molar-refractivity contribution in [2.24, 2.45) is 0 Å². The molecule has 0 heterocycles. The van der Waals surface area contributed by atoms with Gasteiger partial charge in [-0.3, -0.25) is 0 Å². The third-order valence-corrected chi connectivity index (χ3v) is 4.98. The number of benzene rings is 1. The topological polar surface area (TPSA) is 35.5 Å². The molecule has 3 heteroatoms. The lowest BCUT2D eigenvalue weighted by Gasteiger charge is -2.10. The Morgan fingerprint density at radius 3 is 1.75 bits per heavy atom. The second kappa shape index (κ2) is 17.3. The average molecular weight is 389 g/mol. The molecule has 0 unspecified atom stereocenters. The van der Waals surface area contributed by atoms with Crippen LogP contribution < -0.4 is 9.47 Å². The molecule has 0 aliphatic heterocycles. The molecule has 0 saturated heterocycles. The van der Waals surface area contributed by atoms with Crippen molar-refractivity contribution in [3.8, 4) is 11.5 Å². The van der Waals surface area contributed by atoms with Gasteiger partial charge in [-0.05, 0) is 18.6 Å². The SMILES string of the molecule is C=CC(=O)Oc1ccccc1OCCCCCCCCCCCCCCCC. The zero-order valence-electron chi connectivity index (χ0n) is 17.9. The molecule has 0 aliphatic rings. The molecular weight excluding hydrogens is 348 g/mol. The van der Waals surface area contributed by atoms with Crippen molar-refractivity contribution in [3.63, 3.8) is 0 Å². The normalized spacial score (nSPS) is 10.6. The first-order valence-corrected chi connectivity index (χ1v) is 11.3. The van der Waals surface area contributed by atoms with Gasteiger partial charge in [0.05, 0.1) is 6.61 Å². The number of carbonyl (C=O) groups is 1. The summed E-state index contributed by atoms with van der Waals surface area (Å²) in [6.45, 7) is 6.34. The molecule has 0 spiro atoms. The number of hydrogen-bond donors (Lipinski definition) is 0. The Hall–Kier alpha value is -1.77. The third-order valence-electron chi connectivity index (χ3n) is 4.98. The number of unbranched alkanes of at least 4 members (excludes halogenated alkanes) is 13. The highest BCUT2D eigenvalue weighted by Crippen LogP contribution is 2.27. The summed E-state index contributed by atoms with van der Waals surface area (Å²) in [5.41, 5.74) is 0. The van der Waals surface area contributed by atoms with Crippen LogP contribution in [0.25, 0.3) is 0 Å². The van der Waals surface area contributed by atoms with Crippen LogP contribution in [0, 0.1) is 0 Å². The van der Waals surface area contributed by atoms with E-state index in [0.717, 1.165) is 12.5 Å². The van der Waals surface area contributed by atoms with E-state index in [9.17, 15) is 4.79 Å². The van der Waals surface area contributed by atoms with Gasteiger partial charge in [-0.25, -0.2) is 4.79 Å². The van der Waals surface area contributed by atoms with Gasteiger partial charge in [0.2, 0.25) is 0 Å². The summed E-state index contributed by atoms with van der Waals surface area (Å²) in [6.07, 6.45) is 20.0. The zero-order chi connectivity index (χ0) is 20.3. The fourth-order valence-electron chi connectivity index (χ4n) is 3.28. The van der Waals surface area contributed by atoms with Crippen LogP contribution in [-0.4, -0.2) is 12.6 Å². The molecule has 0 bridgehead atoms. The fourth-order valence-corrected chi connectivity index (χ4v) is 3.28. The molecule has 0 radical (unpaired) electrons. The number of carbonyl (C=O) groups excluding carboxylic acids is 1. The molecule has 0 aliphatic carbocycles. The van der Waals surface area contributed by atoms with E-state index in [-0.39, 0.29) is 0 Å². The Morgan fingerprint density at radius 1 is 0.786 bits per heavy atom. The quantitative estimate of drug-likeness (QED) is 0.112. The molecule has 1 rings (SSSR count). The summed E-state index contributed by atoms with van der Waals surface area (Å²) >= 11 is 0. The summed E-state index contributed by atoms with van der Waals surface area (Å²) in [5, 5.41) is 0. The van der Waals surface area contributed by atoms with E-state index in [0.29, 0.717) is 18.1 Å². The van der Waals surface area contributed by atoms with Crippen LogP contribution >= 0.6 is 0 Å². The number of rotatable bonds is 18. The maximum atomic E-state index is 11.4. The van der Waals surface area contributed by atoms with Crippen LogP contribution in [0.3, 0.4) is 0 Å². The second-order valence-corrected chi connectivity index (χ2v) is 7.52. The molecule has 1 aromatic rings. The van der Waals surface area contributed by atoms with Crippen molar-refractivity contribution >= 4 is 5.97 Å². The maximum Gasteiger partial charge on any atom is 0.335 e. The van der Waals surface area contributed by atoms with Gasteiger partial charge in [0.1, 0.15) is 0 Å². The number of ether oxygens (including phenoxy) is 2. The van der Waals surface area contributed by atoms with E-state index in [1.807, 2.05) is 18.2 Å². The van der Waals surface area contributed by atoms with Crippen LogP contribution in [0.1, 0.15) is 96.8 Å². The Labute approximate surface area is 172 Å². The molecule has 158 valence electrons. The van der Waals surface area contributed by atoms with Gasteiger partial charge in [-0.15, -0.1) is 0 Å². The van der Waals surface area contributed by atoms with E-state index in [2.05, 4.69) is 13.5 Å². The van der Waals surface area contributed by atoms with E-state index in [1.54, 1.807) is 6.07 Å². The van der Waals surface area contributed by atoms with Crippen LogP contribution in [-0.2, 0) is 4.79 Å². The molecule has 0 atom stereocenters. The molecule has 0 saturated carbocycles. The lowest BCUT2D eigenvalue weighted by Crippen LogP contribution is -2.06. The summed E-state index contributed by atoms with van der Waals surface area (Å²) in [4.78, 5) is 11.4. The van der Waals surface area contributed by atoms with Gasteiger partial charge in [0.25, 0.3) is 0 Å². The minimum absolute atomic E-state index is 0.456. The zero-order valence-corrected chi connectivity index (χ0v) is 17.9. The highest BCUT2D eigenvalue weighted by molar-refractivity contribution is 5.83. The largest absolute Gasteiger partial charge is 0.490 e. The minimum atomic E-state index is -0.465. The Balaban J connectivity index is 1.94. The predicted octanol–water partition coefficient (Wildman–Crippen LogP) is 7.64. The van der Waals surface area contributed by atoms with E-state index < -0.39 is 5.97 Å². The van der Waals surface area contributed by atoms with Gasteiger partial charge in [-0.2, -0.15) is 0 Å². The lowest BCUT2D eigenvalue weighted by molar-refractivity contribution is -0.129. The summed E-state index contributed by atoms with van der Waals surface area (Å²) in [7, 11) is 0. The number of para-hydroxylation sites is 2. The first-order chi connectivity index (χ1) is 13.8. The van der Waals surface area contributed by atoms with Crippen molar-refractivity contribution in [1.29, 1.82) is 0 Å². The summed E-state index contributed by atoms with van der Waals surface area (Å²) in [5.74, 6) is 0.609. The van der Waals surface area contributed by atoms with Crippen molar-refractivity contribution in [3.05, 3.63) is 36.9 Å². The fraction of sp³-hybridized carbons (Fsp3) is 0.640. The third kappa shape index (κ3) is 12.6. The van der Waals surface area contributed by atoms with Crippen LogP contribution in [0.4, 0.5) is 0 Å².